The third kappa shape index (κ3) is 2.83. The van der Waals surface area contributed by atoms with E-state index in [2.05, 4.69) is 27.6 Å². The summed E-state index contributed by atoms with van der Waals surface area (Å²) in [5.74, 6) is 0. The molecule has 1 fully saturated rings. The fourth-order valence-corrected chi connectivity index (χ4v) is 4.65. The highest BCUT2D eigenvalue weighted by Gasteiger charge is 2.43. The van der Waals surface area contributed by atoms with Gasteiger partial charge >= 0.3 is 0 Å². The number of nitrogens with one attached hydrogen (secondary N) is 1. The van der Waals surface area contributed by atoms with Crippen LogP contribution in [0, 0.1) is 11.3 Å². The molecule has 0 spiro atoms. The lowest BCUT2D eigenvalue weighted by atomic mass is 9.94. The predicted molar refractivity (Wildman–Crippen MR) is 101 cm³/mol. The van der Waals surface area contributed by atoms with Gasteiger partial charge in [-0.15, -0.1) is 0 Å². The predicted octanol–water partition coefficient (Wildman–Crippen LogP) is 2.21. The molecule has 1 atom stereocenters. The third-order valence-electron chi connectivity index (χ3n) is 5.14. The molecule has 1 N–H and O–H groups in total. The highest BCUT2D eigenvalue weighted by molar-refractivity contribution is 7.92. The summed E-state index contributed by atoms with van der Waals surface area (Å²) in [5, 5.41) is 11.2. The van der Waals surface area contributed by atoms with E-state index in [1.165, 1.54) is 10.6 Å². The summed E-state index contributed by atoms with van der Waals surface area (Å²) in [6.07, 6.45) is 7.91. The molecular weight excluding hydrogens is 364 g/mol. The minimum Gasteiger partial charge on any atom is -0.346 e. The van der Waals surface area contributed by atoms with Crippen LogP contribution in [0.25, 0.3) is 22.3 Å². The topological polar surface area (TPSA) is 108 Å². The molecule has 9 heteroatoms. The molecule has 27 heavy (non-hydrogen) atoms. The van der Waals surface area contributed by atoms with E-state index in [1.807, 2.05) is 35.3 Å². The molecule has 0 bridgehead atoms. The molecule has 138 valence electrons. The number of hydrogen-bond acceptors (Lipinski definition) is 5. The molecule has 4 rings (SSSR count). The second-order valence-electron chi connectivity index (χ2n) is 6.62. The second kappa shape index (κ2) is 6.33. The van der Waals surface area contributed by atoms with Crippen LogP contribution in [0.2, 0.25) is 0 Å². The zero-order valence-electron chi connectivity index (χ0n) is 14.5. The average molecular weight is 382 g/mol. The Bertz CT molecular complexity index is 1160. The molecule has 0 amide bonds. The van der Waals surface area contributed by atoms with Crippen molar-refractivity contribution in [3.63, 3.8) is 0 Å². The van der Waals surface area contributed by atoms with Crippen LogP contribution in [-0.2, 0) is 15.6 Å². The van der Waals surface area contributed by atoms with Crippen molar-refractivity contribution in [3.05, 3.63) is 49.0 Å². The van der Waals surface area contributed by atoms with Crippen LogP contribution < -0.4 is 0 Å². The van der Waals surface area contributed by atoms with Gasteiger partial charge in [0, 0.05) is 48.0 Å². The van der Waals surface area contributed by atoms with Gasteiger partial charge in [0.15, 0.2) is 0 Å². The third-order valence-corrected chi connectivity index (χ3v) is 6.60. The first-order valence-corrected chi connectivity index (χ1v) is 9.96. The normalized spacial score (nSPS) is 20.7. The second-order valence-corrected chi connectivity index (χ2v) is 8.50. The molecule has 3 aromatic heterocycles. The van der Waals surface area contributed by atoms with Gasteiger partial charge in [-0.05, 0) is 18.6 Å². The van der Waals surface area contributed by atoms with Crippen LogP contribution >= 0.6 is 0 Å². The Morgan fingerprint density at radius 3 is 3.04 bits per heavy atom. The van der Waals surface area contributed by atoms with E-state index in [9.17, 15) is 13.7 Å². The van der Waals surface area contributed by atoms with Gasteiger partial charge in [0.2, 0.25) is 10.0 Å². The van der Waals surface area contributed by atoms with Crippen molar-refractivity contribution >= 4 is 21.1 Å². The number of rotatable bonds is 5. The van der Waals surface area contributed by atoms with Gasteiger partial charge < -0.3 is 9.55 Å². The van der Waals surface area contributed by atoms with Crippen LogP contribution in [0.15, 0.2) is 49.0 Å². The van der Waals surface area contributed by atoms with E-state index in [0.717, 1.165) is 27.7 Å². The number of fused-ring (bicyclic) bond motifs is 1. The van der Waals surface area contributed by atoms with Crippen molar-refractivity contribution in [2.24, 2.45) is 0 Å². The molecule has 1 aliphatic heterocycles. The molecule has 0 aromatic carbocycles. The number of H-pyrrole nitrogens is 1. The van der Waals surface area contributed by atoms with Crippen LogP contribution in [0.4, 0.5) is 0 Å². The first kappa shape index (κ1) is 17.5. The van der Waals surface area contributed by atoms with Crippen molar-refractivity contribution in [2.75, 3.05) is 13.1 Å². The van der Waals surface area contributed by atoms with Crippen molar-refractivity contribution in [1.82, 2.24) is 23.8 Å². The highest BCUT2D eigenvalue weighted by atomic mass is 32.2. The number of sulfonamides is 1. The molecule has 1 saturated heterocycles. The van der Waals surface area contributed by atoms with Crippen LogP contribution in [0.3, 0.4) is 0 Å². The highest BCUT2D eigenvalue weighted by Crippen LogP contribution is 2.36. The van der Waals surface area contributed by atoms with Gasteiger partial charge in [-0.2, -0.15) is 9.57 Å². The summed E-state index contributed by atoms with van der Waals surface area (Å²) in [7, 11) is -3.51. The van der Waals surface area contributed by atoms with Crippen molar-refractivity contribution in [1.29, 1.82) is 5.26 Å². The van der Waals surface area contributed by atoms with Gasteiger partial charge in [0.1, 0.15) is 12.0 Å². The summed E-state index contributed by atoms with van der Waals surface area (Å²) in [5.41, 5.74) is 1.83. The summed E-state index contributed by atoms with van der Waals surface area (Å²) in [6.45, 7) is 4.00. The summed E-state index contributed by atoms with van der Waals surface area (Å²) >= 11 is 0. The molecule has 0 aliphatic carbocycles. The average Bonchev–Trinajstić information content (AvgIpc) is 3.40. The van der Waals surface area contributed by atoms with Crippen LogP contribution in [-0.4, -0.2) is 45.3 Å². The molecule has 4 heterocycles. The minimum absolute atomic E-state index is 0.216. The van der Waals surface area contributed by atoms with Crippen LogP contribution in [0.5, 0.6) is 0 Å². The molecule has 0 saturated carbocycles. The molecule has 1 unspecified atom stereocenters. The maximum atomic E-state index is 12.2. The Morgan fingerprint density at radius 1 is 1.41 bits per heavy atom. The van der Waals surface area contributed by atoms with Crippen LogP contribution in [0.1, 0.15) is 12.8 Å². The quantitative estimate of drug-likeness (QED) is 0.728. The maximum absolute atomic E-state index is 12.2. The number of aromatic nitrogens is 4. The first-order valence-electron chi connectivity index (χ1n) is 8.46. The minimum atomic E-state index is -3.51. The lowest BCUT2D eigenvalue weighted by Gasteiger charge is -2.28. The smallest absolute Gasteiger partial charge is 0.235 e. The fraction of sp³-hybridized carbons (Fsp3) is 0.278. The maximum Gasteiger partial charge on any atom is 0.235 e. The summed E-state index contributed by atoms with van der Waals surface area (Å²) < 4.78 is 27.7. The number of aromatic amines is 1. The van der Waals surface area contributed by atoms with Crippen molar-refractivity contribution in [2.45, 2.75) is 18.4 Å². The largest absolute Gasteiger partial charge is 0.346 e. The van der Waals surface area contributed by atoms with Gasteiger partial charge in [-0.3, -0.25) is 0 Å². The molecule has 8 nitrogen and oxygen atoms in total. The van der Waals surface area contributed by atoms with Gasteiger partial charge in [-0.1, -0.05) is 6.58 Å². The summed E-state index contributed by atoms with van der Waals surface area (Å²) in [6, 6.07) is 6.06. The van der Waals surface area contributed by atoms with Crippen molar-refractivity contribution < 1.29 is 8.42 Å². The Hall–Kier alpha value is -2.96. The zero-order valence-corrected chi connectivity index (χ0v) is 15.4. The molecule has 0 radical (unpaired) electrons. The van der Waals surface area contributed by atoms with E-state index in [4.69, 9.17) is 0 Å². The van der Waals surface area contributed by atoms with Gasteiger partial charge in [-0.25, -0.2) is 18.4 Å². The zero-order chi connectivity index (χ0) is 19.1. The lowest BCUT2D eigenvalue weighted by molar-refractivity contribution is 0.306. The standard InChI is InChI=1S/C18H18N6O2S/c1-2-27(25,26)24-10-6-18(12-24,5-7-19)23-9-4-14(11-23)16-15-3-8-20-17(15)22-13-21-16/h2-4,8-9,11,13H,1,5-6,10,12H2,(H,20,21,22). The summed E-state index contributed by atoms with van der Waals surface area (Å²) in [4.78, 5) is 11.7. The molecular formula is C18H18N6O2S. The Kier molecular flexibility index (Phi) is 4.09. The lowest BCUT2D eigenvalue weighted by Crippen LogP contribution is -2.37. The first-order chi connectivity index (χ1) is 13.0. The number of hydrogen-bond donors (Lipinski definition) is 1. The van der Waals surface area contributed by atoms with Gasteiger partial charge in [0.25, 0.3) is 0 Å². The van der Waals surface area contributed by atoms with E-state index < -0.39 is 15.6 Å². The van der Waals surface area contributed by atoms with Crippen molar-refractivity contribution in [3.8, 4) is 17.3 Å². The monoisotopic (exact) mass is 382 g/mol. The Balaban J connectivity index is 1.73. The number of nitriles is 1. The van der Waals surface area contributed by atoms with Gasteiger partial charge in [0.05, 0.1) is 23.7 Å². The Morgan fingerprint density at radius 2 is 2.26 bits per heavy atom. The van der Waals surface area contributed by atoms with E-state index in [-0.39, 0.29) is 13.0 Å². The SMILES string of the molecule is C=CS(=O)(=O)N1CCC(CC#N)(n2ccc(-c3ncnc4[nH]ccc34)c2)C1. The van der Waals surface area contributed by atoms with E-state index in [0.29, 0.717) is 13.0 Å². The molecule has 3 aromatic rings. The Labute approximate surface area is 156 Å². The fourth-order valence-electron chi connectivity index (χ4n) is 3.67. The number of nitrogens with zero attached hydrogens (tertiary/aromatic N) is 5. The molecule has 1 aliphatic rings. The van der Waals surface area contributed by atoms with E-state index >= 15 is 0 Å². The van der Waals surface area contributed by atoms with E-state index in [1.54, 1.807) is 0 Å².